The SMILES string of the molecule is Cc1ccc(C(=O)NC(C)CCCN)cc1C. The Hall–Kier alpha value is -1.35. The summed E-state index contributed by atoms with van der Waals surface area (Å²) in [5.41, 5.74) is 8.52. The van der Waals surface area contributed by atoms with Crippen molar-refractivity contribution in [1.82, 2.24) is 5.32 Å². The summed E-state index contributed by atoms with van der Waals surface area (Å²) in [7, 11) is 0. The first-order chi connectivity index (χ1) is 8.04. The maximum absolute atomic E-state index is 11.9. The molecule has 1 unspecified atom stereocenters. The molecule has 0 bridgehead atoms. The maximum Gasteiger partial charge on any atom is 0.251 e. The van der Waals surface area contributed by atoms with E-state index in [0.717, 1.165) is 24.0 Å². The Morgan fingerprint density at radius 3 is 2.65 bits per heavy atom. The predicted molar refractivity (Wildman–Crippen MR) is 71.1 cm³/mol. The molecule has 3 nitrogen and oxygen atoms in total. The zero-order valence-corrected chi connectivity index (χ0v) is 10.9. The second kappa shape index (κ2) is 6.40. The van der Waals surface area contributed by atoms with Gasteiger partial charge in [0.05, 0.1) is 0 Å². The van der Waals surface area contributed by atoms with E-state index in [2.05, 4.69) is 5.32 Å². The topological polar surface area (TPSA) is 55.1 Å². The molecule has 0 heterocycles. The van der Waals surface area contributed by atoms with Gasteiger partial charge < -0.3 is 11.1 Å². The van der Waals surface area contributed by atoms with Crippen LogP contribution in [0.15, 0.2) is 18.2 Å². The van der Waals surface area contributed by atoms with Crippen molar-refractivity contribution in [1.29, 1.82) is 0 Å². The smallest absolute Gasteiger partial charge is 0.251 e. The fourth-order valence-electron chi connectivity index (χ4n) is 1.69. The number of nitrogens with two attached hydrogens (primary N) is 1. The van der Waals surface area contributed by atoms with Gasteiger partial charge in [0.25, 0.3) is 5.91 Å². The van der Waals surface area contributed by atoms with E-state index >= 15 is 0 Å². The molecule has 0 aromatic heterocycles. The van der Waals surface area contributed by atoms with E-state index in [1.165, 1.54) is 5.56 Å². The number of nitrogens with one attached hydrogen (secondary N) is 1. The highest BCUT2D eigenvalue weighted by Crippen LogP contribution is 2.10. The lowest BCUT2D eigenvalue weighted by Crippen LogP contribution is -2.32. The molecule has 1 rings (SSSR count). The quantitative estimate of drug-likeness (QED) is 0.820. The largest absolute Gasteiger partial charge is 0.350 e. The van der Waals surface area contributed by atoms with Crippen LogP contribution >= 0.6 is 0 Å². The van der Waals surface area contributed by atoms with E-state index < -0.39 is 0 Å². The lowest BCUT2D eigenvalue weighted by molar-refractivity contribution is 0.0938. The lowest BCUT2D eigenvalue weighted by atomic mass is 10.1. The third-order valence-electron chi connectivity index (χ3n) is 2.99. The van der Waals surface area contributed by atoms with Gasteiger partial charge in [0.15, 0.2) is 0 Å². The molecule has 1 atom stereocenters. The molecule has 0 radical (unpaired) electrons. The molecule has 3 N–H and O–H groups in total. The number of carbonyl (C=O) groups excluding carboxylic acids is 1. The number of hydrogen-bond donors (Lipinski definition) is 2. The fraction of sp³-hybridized carbons (Fsp3) is 0.500. The zero-order valence-electron chi connectivity index (χ0n) is 10.9. The first-order valence-electron chi connectivity index (χ1n) is 6.12. The highest BCUT2D eigenvalue weighted by molar-refractivity contribution is 5.94. The van der Waals surface area contributed by atoms with Gasteiger partial charge >= 0.3 is 0 Å². The number of rotatable bonds is 5. The Bertz CT molecular complexity index is 388. The first kappa shape index (κ1) is 13.7. The van der Waals surface area contributed by atoms with E-state index in [-0.39, 0.29) is 11.9 Å². The van der Waals surface area contributed by atoms with Crippen molar-refractivity contribution in [3.05, 3.63) is 34.9 Å². The minimum Gasteiger partial charge on any atom is -0.350 e. The van der Waals surface area contributed by atoms with E-state index in [1.54, 1.807) is 0 Å². The number of aryl methyl sites for hydroxylation is 2. The molecule has 0 aliphatic carbocycles. The van der Waals surface area contributed by atoms with Crippen LogP contribution in [-0.2, 0) is 0 Å². The van der Waals surface area contributed by atoms with E-state index in [0.29, 0.717) is 6.54 Å². The number of carbonyl (C=O) groups is 1. The minimum absolute atomic E-state index is 0.00220. The predicted octanol–water partition coefficient (Wildman–Crippen LogP) is 2.16. The van der Waals surface area contributed by atoms with Crippen LogP contribution in [0.25, 0.3) is 0 Å². The third-order valence-corrected chi connectivity index (χ3v) is 2.99. The van der Waals surface area contributed by atoms with Crippen LogP contribution in [0, 0.1) is 13.8 Å². The van der Waals surface area contributed by atoms with E-state index in [1.807, 2.05) is 39.0 Å². The molecule has 0 spiro atoms. The number of amides is 1. The molecule has 94 valence electrons. The van der Waals surface area contributed by atoms with Gasteiger partial charge in [0.1, 0.15) is 0 Å². The molecule has 0 fully saturated rings. The van der Waals surface area contributed by atoms with Crippen LogP contribution in [0.2, 0.25) is 0 Å². The van der Waals surface area contributed by atoms with Gasteiger partial charge in [0, 0.05) is 11.6 Å². The molecule has 3 heteroatoms. The average Bonchev–Trinajstić information content (AvgIpc) is 2.30. The lowest BCUT2D eigenvalue weighted by Gasteiger charge is -2.13. The molecule has 17 heavy (non-hydrogen) atoms. The van der Waals surface area contributed by atoms with Crippen LogP contribution in [-0.4, -0.2) is 18.5 Å². The zero-order chi connectivity index (χ0) is 12.8. The van der Waals surface area contributed by atoms with E-state index in [4.69, 9.17) is 5.73 Å². The summed E-state index contributed by atoms with van der Waals surface area (Å²) in [5, 5.41) is 2.98. The highest BCUT2D eigenvalue weighted by atomic mass is 16.1. The first-order valence-corrected chi connectivity index (χ1v) is 6.12. The Morgan fingerprint density at radius 1 is 1.35 bits per heavy atom. The van der Waals surface area contributed by atoms with Crippen molar-refractivity contribution in [2.45, 2.75) is 39.7 Å². The molecular formula is C14H22N2O. The van der Waals surface area contributed by atoms with Crippen molar-refractivity contribution in [3.8, 4) is 0 Å². The Kier molecular flexibility index (Phi) is 5.16. The molecule has 0 saturated heterocycles. The molecule has 0 aliphatic rings. The Balaban J connectivity index is 2.60. The number of benzene rings is 1. The van der Waals surface area contributed by atoms with Crippen molar-refractivity contribution >= 4 is 5.91 Å². The molecule has 1 aromatic carbocycles. The standard InChI is InChI=1S/C14H22N2O/c1-10-6-7-13(9-11(10)2)14(17)16-12(3)5-4-8-15/h6-7,9,12H,4-5,8,15H2,1-3H3,(H,16,17). The second-order valence-electron chi connectivity index (χ2n) is 4.60. The second-order valence-corrected chi connectivity index (χ2v) is 4.60. The minimum atomic E-state index is -0.00220. The van der Waals surface area contributed by atoms with Gasteiger partial charge in [-0.2, -0.15) is 0 Å². The van der Waals surface area contributed by atoms with Crippen LogP contribution in [0.3, 0.4) is 0 Å². The van der Waals surface area contributed by atoms with Crippen molar-refractivity contribution in [2.24, 2.45) is 5.73 Å². The Morgan fingerprint density at radius 2 is 2.06 bits per heavy atom. The summed E-state index contributed by atoms with van der Waals surface area (Å²) in [4.78, 5) is 11.9. The normalized spacial score (nSPS) is 12.2. The van der Waals surface area contributed by atoms with Crippen LogP contribution in [0.1, 0.15) is 41.3 Å². The average molecular weight is 234 g/mol. The Labute approximate surface area is 103 Å². The molecule has 0 saturated carbocycles. The third kappa shape index (κ3) is 4.19. The molecule has 1 amide bonds. The van der Waals surface area contributed by atoms with Gasteiger partial charge in [-0.3, -0.25) is 4.79 Å². The number of hydrogen-bond acceptors (Lipinski definition) is 2. The molecule has 0 aliphatic heterocycles. The van der Waals surface area contributed by atoms with Crippen LogP contribution < -0.4 is 11.1 Å². The summed E-state index contributed by atoms with van der Waals surface area (Å²) in [5.74, 6) is -0.00220. The maximum atomic E-state index is 11.9. The van der Waals surface area contributed by atoms with Gasteiger partial charge in [-0.15, -0.1) is 0 Å². The van der Waals surface area contributed by atoms with E-state index in [9.17, 15) is 4.79 Å². The summed E-state index contributed by atoms with van der Waals surface area (Å²) in [6, 6.07) is 5.95. The van der Waals surface area contributed by atoms with Crippen molar-refractivity contribution in [2.75, 3.05) is 6.54 Å². The van der Waals surface area contributed by atoms with Gasteiger partial charge in [-0.1, -0.05) is 6.07 Å². The van der Waals surface area contributed by atoms with Crippen molar-refractivity contribution in [3.63, 3.8) is 0 Å². The highest BCUT2D eigenvalue weighted by Gasteiger charge is 2.09. The summed E-state index contributed by atoms with van der Waals surface area (Å²) < 4.78 is 0. The monoisotopic (exact) mass is 234 g/mol. The van der Waals surface area contributed by atoms with Gasteiger partial charge in [-0.25, -0.2) is 0 Å². The molecule has 1 aromatic rings. The van der Waals surface area contributed by atoms with Crippen LogP contribution in [0.4, 0.5) is 0 Å². The van der Waals surface area contributed by atoms with Crippen LogP contribution in [0.5, 0.6) is 0 Å². The van der Waals surface area contributed by atoms with Crippen molar-refractivity contribution < 1.29 is 4.79 Å². The molecular weight excluding hydrogens is 212 g/mol. The summed E-state index contributed by atoms with van der Waals surface area (Å²) >= 11 is 0. The summed E-state index contributed by atoms with van der Waals surface area (Å²) in [6.07, 6.45) is 1.86. The fourth-order valence-corrected chi connectivity index (χ4v) is 1.69. The van der Waals surface area contributed by atoms with Gasteiger partial charge in [-0.05, 0) is 63.4 Å². The van der Waals surface area contributed by atoms with Gasteiger partial charge in [0.2, 0.25) is 0 Å². The summed E-state index contributed by atoms with van der Waals surface area (Å²) in [6.45, 7) is 6.74.